The zero-order valence-electron chi connectivity index (χ0n) is 6.80. The van der Waals surface area contributed by atoms with Crippen molar-refractivity contribution >= 4 is 5.82 Å². The third kappa shape index (κ3) is 3.09. The highest BCUT2D eigenvalue weighted by Crippen LogP contribution is 2.00. The molecule has 1 heterocycles. The number of nitrogens with one attached hydrogen (secondary N) is 2. The van der Waals surface area contributed by atoms with Crippen molar-refractivity contribution in [1.82, 2.24) is 4.98 Å². The third-order valence-electron chi connectivity index (χ3n) is 1.51. The highest BCUT2D eigenvalue weighted by Gasteiger charge is 1.93. The van der Waals surface area contributed by atoms with Gasteiger partial charge in [-0.1, -0.05) is 0 Å². The van der Waals surface area contributed by atoms with Crippen LogP contribution in [0.5, 0.6) is 0 Å². The van der Waals surface area contributed by atoms with Gasteiger partial charge in [-0.05, 0) is 25.5 Å². The molecule has 1 aromatic rings. The number of anilines is 1. The van der Waals surface area contributed by atoms with E-state index in [0.717, 1.165) is 18.8 Å². The Morgan fingerprint density at radius 2 is 2.55 bits per heavy atom. The van der Waals surface area contributed by atoms with E-state index in [9.17, 15) is 0 Å². The van der Waals surface area contributed by atoms with E-state index in [2.05, 4.69) is 10.3 Å². The molecule has 62 valence electrons. The number of hydrogen-bond acceptors (Lipinski definition) is 2. The summed E-state index contributed by atoms with van der Waals surface area (Å²) < 4.78 is 0. The van der Waals surface area contributed by atoms with Gasteiger partial charge < -0.3 is 16.0 Å². The lowest BCUT2D eigenvalue weighted by molar-refractivity contribution is 0.689. The quantitative estimate of drug-likeness (QED) is 0.608. The second kappa shape index (κ2) is 4.03. The molecule has 11 heavy (non-hydrogen) atoms. The Bertz CT molecular complexity index is 179. The van der Waals surface area contributed by atoms with Crippen molar-refractivity contribution in [1.29, 1.82) is 0 Å². The molecular formula is C8H15N3. The summed E-state index contributed by atoms with van der Waals surface area (Å²) in [6, 6.07) is 4.24. The number of H-pyrrole nitrogens is 1. The molecule has 0 fully saturated rings. The molecular weight excluding hydrogens is 138 g/mol. The summed E-state index contributed by atoms with van der Waals surface area (Å²) >= 11 is 0. The van der Waals surface area contributed by atoms with E-state index >= 15 is 0 Å². The maximum absolute atomic E-state index is 5.58. The fourth-order valence-corrected chi connectivity index (χ4v) is 0.875. The van der Waals surface area contributed by atoms with E-state index in [-0.39, 0.29) is 6.04 Å². The van der Waals surface area contributed by atoms with Gasteiger partial charge in [0.1, 0.15) is 5.82 Å². The van der Waals surface area contributed by atoms with E-state index in [1.54, 1.807) is 0 Å². The van der Waals surface area contributed by atoms with Crippen LogP contribution in [0.25, 0.3) is 0 Å². The van der Waals surface area contributed by atoms with Crippen molar-refractivity contribution in [3.8, 4) is 0 Å². The number of aromatic amines is 1. The molecule has 1 unspecified atom stereocenters. The summed E-state index contributed by atoms with van der Waals surface area (Å²) in [5.74, 6) is 1.06. The van der Waals surface area contributed by atoms with E-state index < -0.39 is 0 Å². The van der Waals surface area contributed by atoms with Crippen molar-refractivity contribution in [2.75, 3.05) is 11.9 Å². The van der Waals surface area contributed by atoms with Gasteiger partial charge in [0.05, 0.1) is 0 Å². The van der Waals surface area contributed by atoms with Crippen molar-refractivity contribution in [2.45, 2.75) is 19.4 Å². The molecule has 0 spiro atoms. The molecule has 0 saturated carbocycles. The second-order valence-corrected chi connectivity index (χ2v) is 2.78. The lowest BCUT2D eigenvalue weighted by Gasteiger charge is -2.05. The Morgan fingerprint density at radius 3 is 3.09 bits per heavy atom. The highest BCUT2D eigenvalue weighted by molar-refractivity contribution is 5.33. The summed E-state index contributed by atoms with van der Waals surface area (Å²) in [6.45, 7) is 2.94. The van der Waals surface area contributed by atoms with E-state index in [0.29, 0.717) is 0 Å². The average Bonchev–Trinajstić information content (AvgIpc) is 2.39. The standard InChI is InChI=1S/C8H15N3/c1-7(9)4-6-11-8-3-2-5-10-8/h2-3,5,7,10-11H,4,6,9H2,1H3. The average molecular weight is 153 g/mol. The Labute approximate surface area is 67.0 Å². The van der Waals surface area contributed by atoms with Crippen LogP contribution in [0.15, 0.2) is 18.3 Å². The van der Waals surface area contributed by atoms with Crippen molar-refractivity contribution in [3.05, 3.63) is 18.3 Å². The summed E-state index contributed by atoms with van der Waals surface area (Å²) in [7, 11) is 0. The lowest BCUT2D eigenvalue weighted by atomic mass is 10.2. The van der Waals surface area contributed by atoms with Gasteiger partial charge in [-0.25, -0.2) is 0 Å². The minimum atomic E-state index is 0.275. The van der Waals surface area contributed by atoms with Gasteiger partial charge >= 0.3 is 0 Å². The Hall–Kier alpha value is -0.960. The maximum atomic E-state index is 5.58. The molecule has 3 nitrogen and oxygen atoms in total. The van der Waals surface area contributed by atoms with Crippen molar-refractivity contribution < 1.29 is 0 Å². The Balaban J connectivity index is 2.14. The summed E-state index contributed by atoms with van der Waals surface area (Å²) in [5.41, 5.74) is 5.58. The van der Waals surface area contributed by atoms with Crippen LogP contribution in [0, 0.1) is 0 Å². The molecule has 0 saturated heterocycles. The number of rotatable bonds is 4. The van der Waals surface area contributed by atoms with Crippen LogP contribution in [0.1, 0.15) is 13.3 Å². The van der Waals surface area contributed by atoms with Gasteiger partial charge in [0, 0.05) is 18.8 Å². The minimum absolute atomic E-state index is 0.275. The normalized spacial score (nSPS) is 12.9. The molecule has 1 aromatic heterocycles. The van der Waals surface area contributed by atoms with Gasteiger partial charge in [0.15, 0.2) is 0 Å². The van der Waals surface area contributed by atoms with Gasteiger partial charge in [-0.15, -0.1) is 0 Å². The van der Waals surface area contributed by atoms with Crippen LogP contribution in [0.2, 0.25) is 0 Å². The van der Waals surface area contributed by atoms with Crippen molar-refractivity contribution in [3.63, 3.8) is 0 Å². The van der Waals surface area contributed by atoms with Crippen LogP contribution in [-0.4, -0.2) is 17.6 Å². The zero-order valence-corrected chi connectivity index (χ0v) is 6.80. The lowest BCUT2D eigenvalue weighted by Crippen LogP contribution is -2.19. The first-order valence-corrected chi connectivity index (χ1v) is 3.92. The maximum Gasteiger partial charge on any atom is 0.103 e. The van der Waals surface area contributed by atoms with Gasteiger partial charge in [-0.3, -0.25) is 0 Å². The number of nitrogens with two attached hydrogens (primary N) is 1. The monoisotopic (exact) mass is 153 g/mol. The Kier molecular flexibility index (Phi) is 2.98. The topological polar surface area (TPSA) is 53.8 Å². The second-order valence-electron chi connectivity index (χ2n) is 2.78. The third-order valence-corrected chi connectivity index (χ3v) is 1.51. The van der Waals surface area contributed by atoms with Crippen molar-refractivity contribution in [2.24, 2.45) is 5.73 Å². The number of aromatic nitrogens is 1. The molecule has 0 amide bonds. The molecule has 0 bridgehead atoms. The Morgan fingerprint density at radius 1 is 1.73 bits per heavy atom. The first kappa shape index (κ1) is 8.14. The van der Waals surface area contributed by atoms with Gasteiger partial charge in [0.2, 0.25) is 0 Å². The minimum Gasteiger partial charge on any atom is -0.372 e. The first-order chi connectivity index (χ1) is 5.29. The largest absolute Gasteiger partial charge is 0.372 e. The van der Waals surface area contributed by atoms with Gasteiger partial charge in [0.25, 0.3) is 0 Å². The fraction of sp³-hybridized carbons (Fsp3) is 0.500. The first-order valence-electron chi connectivity index (χ1n) is 3.92. The summed E-state index contributed by atoms with van der Waals surface area (Å²) in [6.07, 6.45) is 2.90. The molecule has 0 aliphatic rings. The zero-order chi connectivity index (χ0) is 8.10. The van der Waals surface area contributed by atoms with Crippen LogP contribution >= 0.6 is 0 Å². The van der Waals surface area contributed by atoms with Crippen LogP contribution in [0.3, 0.4) is 0 Å². The molecule has 1 rings (SSSR count). The van der Waals surface area contributed by atoms with Crippen LogP contribution in [0.4, 0.5) is 5.82 Å². The molecule has 4 N–H and O–H groups in total. The highest BCUT2D eigenvalue weighted by atomic mass is 15.0. The smallest absolute Gasteiger partial charge is 0.103 e. The molecule has 3 heteroatoms. The molecule has 0 aliphatic carbocycles. The summed E-state index contributed by atoms with van der Waals surface area (Å²) in [5, 5.41) is 3.22. The number of hydrogen-bond donors (Lipinski definition) is 3. The summed E-state index contributed by atoms with van der Waals surface area (Å²) in [4.78, 5) is 3.06. The van der Waals surface area contributed by atoms with E-state index in [1.807, 2.05) is 25.3 Å². The molecule has 1 atom stereocenters. The SMILES string of the molecule is CC(N)CCNc1ccc[nH]1. The predicted octanol–water partition coefficient (Wildman–Crippen LogP) is 1.16. The van der Waals surface area contributed by atoms with Gasteiger partial charge in [-0.2, -0.15) is 0 Å². The molecule has 0 aliphatic heterocycles. The van der Waals surface area contributed by atoms with Crippen LogP contribution in [-0.2, 0) is 0 Å². The molecule has 0 aromatic carbocycles. The van der Waals surface area contributed by atoms with E-state index in [1.165, 1.54) is 0 Å². The molecule has 0 radical (unpaired) electrons. The fourth-order valence-electron chi connectivity index (χ4n) is 0.875. The van der Waals surface area contributed by atoms with Crippen LogP contribution < -0.4 is 11.1 Å². The predicted molar refractivity (Wildman–Crippen MR) is 47.5 cm³/mol. The van der Waals surface area contributed by atoms with E-state index in [4.69, 9.17) is 5.73 Å².